The van der Waals surface area contributed by atoms with Gasteiger partial charge in [-0.1, -0.05) is 0 Å². The first-order valence-corrected chi connectivity index (χ1v) is 2.40. The molecule has 0 atom stereocenters. The van der Waals surface area contributed by atoms with Gasteiger partial charge in [-0.25, -0.2) is 0 Å². The summed E-state index contributed by atoms with van der Waals surface area (Å²) < 4.78 is 0. The second kappa shape index (κ2) is 6.46. The highest BCUT2D eigenvalue weighted by molar-refractivity contribution is 5.93. The molecule has 2 N–H and O–H groups in total. The number of aliphatic carboxylic acids is 1. The number of hydrogen-bond acceptors (Lipinski definition) is 4. The predicted molar refractivity (Wildman–Crippen MR) is 31.7 cm³/mol. The van der Waals surface area contributed by atoms with Crippen molar-refractivity contribution >= 4 is 11.8 Å². The van der Waals surface area contributed by atoms with Gasteiger partial charge in [-0.3, -0.25) is 9.59 Å². The van der Waals surface area contributed by atoms with Crippen LogP contribution in [0, 0.1) is 10.1 Å². The average molecular weight is 165 g/mol. The number of carbonyl (C=O) groups excluding carboxylic acids is 1. The van der Waals surface area contributed by atoms with E-state index in [1.165, 1.54) is 6.92 Å². The van der Waals surface area contributed by atoms with Crippen LogP contribution in [0.15, 0.2) is 0 Å². The van der Waals surface area contributed by atoms with Crippen LogP contribution in [0.3, 0.4) is 0 Å². The van der Waals surface area contributed by atoms with Gasteiger partial charge in [0.25, 0.3) is 5.09 Å². The van der Waals surface area contributed by atoms with Crippen LogP contribution in [0.5, 0.6) is 0 Å². The summed E-state index contributed by atoms with van der Waals surface area (Å²) in [5.74, 6) is -1.37. The monoisotopic (exact) mass is 165 g/mol. The molecule has 0 aliphatic rings. The molecule has 0 heterocycles. The topological polar surface area (TPSA) is 118 Å². The number of hydrogen-bond donors (Lipinski definition) is 2. The molecular formula is C4H7NO6. The molecule has 64 valence electrons. The summed E-state index contributed by atoms with van der Waals surface area (Å²) in [6, 6.07) is 0. The van der Waals surface area contributed by atoms with Crippen LogP contribution >= 0.6 is 0 Å². The molecule has 7 nitrogen and oxygen atoms in total. The Balaban J connectivity index is 0. The highest BCUT2D eigenvalue weighted by Gasteiger charge is 1.98. The van der Waals surface area contributed by atoms with E-state index in [0.29, 0.717) is 0 Å². The van der Waals surface area contributed by atoms with E-state index in [0.717, 1.165) is 0 Å². The van der Waals surface area contributed by atoms with Gasteiger partial charge in [-0.05, 0) is 6.92 Å². The maximum Gasteiger partial charge on any atom is 0.310 e. The highest BCUT2D eigenvalue weighted by atomic mass is 16.9. The standard InChI is InChI=1S/C4H6O3.HNO3/c1-3(5)2-4(6)7;2-1(3)4/h2H2,1H3,(H,6,7);(H,2,3,4). The number of nitrogens with zero attached hydrogens (tertiary/aromatic N) is 1. The Morgan fingerprint density at radius 3 is 1.82 bits per heavy atom. The second-order valence-electron chi connectivity index (χ2n) is 1.51. The molecule has 0 fully saturated rings. The molecule has 11 heavy (non-hydrogen) atoms. The first kappa shape index (κ1) is 12.1. The number of rotatable bonds is 2. The molecule has 0 radical (unpaired) electrons. The molecular weight excluding hydrogens is 158 g/mol. The fourth-order valence-electron chi connectivity index (χ4n) is 0.213. The first-order valence-electron chi connectivity index (χ1n) is 2.40. The van der Waals surface area contributed by atoms with E-state index in [9.17, 15) is 9.59 Å². The number of Topliss-reactive ketones (excluding diaryl/α,β-unsaturated/α-hetero) is 1. The molecule has 0 aromatic carbocycles. The molecule has 0 aliphatic carbocycles. The van der Waals surface area contributed by atoms with E-state index in [2.05, 4.69) is 0 Å². The molecule has 0 amide bonds. The molecule has 0 aliphatic heterocycles. The number of ketones is 1. The van der Waals surface area contributed by atoms with Crippen molar-refractivity contribution in [3.63, 3.8) is 0 Å². The molecule has 0 rings (SSSR count). The minimum absolute atomic E-state index is 0.312. The third-order valence-electron chi connectivity index (χ3n) is 0.400. The molecule has 0 spiro atoms. The lowest BCUT2D eigenvalue weighted by Gasteiger charge is -1.80. The van der Waals surface area contributed by atoms with Gasteiger partial charge < -0.3 is 10.3 Å². The predicted octanol–water partition coefficient (Wildman–Crippen LogP) is -0.298. The van der Waals surface area contributed by atoms with Gasteiger partial charge in [0, 0.05) is 0 Å². The molecule has 0 bridgehead atoms. The Morgan fingerprint density at radius 1 is 1.55 bits per heavy atom. The van der Waals surface area contributed by atoms with E-state index in [4.69, 9.17) is 20.4 Å². The van der Waals surface area contributed by atoms with Crippen LogP contribution in [-0.4, -0.2) is 27.2 Å². The van der Waals surface area contributed by atoms with E-state index in [1.54, 1.807) is 0 Å². The largest absolute Gasteiger partial charge is 0.481 e. The Morgan fingerprint density at radius 2 is 1.82 bits per heavy atom. The van der Waals surface area contributed by atoms with Gasteiger partial charge in [0.15, 0.2) is 0 Å². The Bertz CT molecular complexity index is 148. The molecule has 0 unspecified atom stereocenters. The van der Waals surface area contributed by atoms with Crippen molar-refractivity contribution in [2.75, 3.05) is 0 Å². The van der Waals surface area contributed by atoms with Gasteiger partial charge in [0.05, 0.1) is 0 Å². The fourth-order valence-corrected chi connectivity index (χ4v) is 0.213. The Hall–Kier alpha value is -1.66. The van der Waals surface area contributed by atoms with Crippen LogP contribution in [-0.2, 0) is 9.59 Å². The average Bonchev–Trinajstić information content (AvgIpc) is 1.56. The maximum absolute atomic E-state index is 9.87. The summed E-state index contributed by atoms with van der Waals surface area (Å²) in [5.41, 5.74) is 0. The first-order chi connectivity index (χ1) is 4.86. The van der Waals surface area contributed by atoms with Crippen molar-refractivity contribution in [2.45, 2.75) is 13.3 Å². The summed E-state index contributed by atoms with van der Waals surface area (Å²) in [4.78, 5) is 27.8. The molecule has 7 heteroatoms. The van der Waals surface area contributed by atoms with Gasteiger partial charge in [0.1, 0.15) is 12.2 Å². The summed E-state index contributed by atoms with van der Waals surface area (Å²) in [7, 11) is 0. The second-order valence-corrected chi connectivity index (χ2v) is 1.51. The lowest BCUT2D eigenvalue weighted by atomic mass is 10.3. The SMILES string of the molecule is CC(=O)CC(=O)O.O=[N+]([O-])O. The Kier molecular flexibility index (Phi) is 7.08. The quantitative estimate of drug-likeness (QED) is 0.329. The Labute approximate surface area is 61.4 Å². The zero-order valence-corrected chi connectivity index (χ0v) is 5.68. The third-order valence-corrected chi connectivity index (χ3v) is 0.400. The molecule has 0 saturated carbocycles. The van der Waals surface area contributed by atoms with E-state index < -0.39 is 11.1 Å². The van der Waals surface area contributed by atoms with Crippen molar-refractivity contribution in [1.29, 1.82) is 0 Å². The number of carbonyl (C=O) groups is 2. The number of carboxylic acid groups (broad SMARTS) is 1. The lowest BCUT2D eigenvalue weighted by molar-refractivity contribution is -0.742. The van der Waals surface area contributed by atoms with Gasteiger partial charge >= 0.3 is 5.97 Å². The molecule has 0 aromatic heterocycles. The molecule has 0 aromatic rings. The van der Waals surface area contributed by atoms with Gasteiger partial charge in [0.2, 0.25) is 0 Å². The van der Waals surface area contributed by atoms with E-state index >= 15 is 0 Å². The van der Waals surface area contributed by atoms with Crippen LogP contribution < -0.4 is 0 Å². The highest BCUT2D eigenvalue weighted by Crippen LogP contribution is 1.77. The summed E-state index contributed by atoms with van der Waals surface area (Å²) in [6.45, 7) is 1.24. The van der Waals surface area contributed by atoms with Crippen molar-refractivity contribution in [3.05, 3.63) is 10.1 Å². The number of carboxylic acids is 1. The zero-order valence-electron chi connectivity index (χ0n) is 5.68. The van der Waals surface area contributed by atoms with Gasteiger partial charge in [-0.15, -0.1) is 10.1 Å². The van der Waals surface area contributed by atoms with Crippen LogP contribution in [0.4, 0.5) is 0 Å². The summed E-state index contributed by atoms with van der Waals surface area (Å²) in [6.07, 6.45) is -0.361. The normalized spacial score (nSPS) is 7.36. The van der Waals surface area contributed by atoms with Crippen LogP contribution in [0.1, 0.15) is 13.3 Å². The summed E-state index contributed by atoms with van der Waals surface area (Å²) in [5, 5.41) is 21.5. The minimum atomic E-state index is -1.50. The summed E-state index contributed by atoms with van der Waals surface area (Å²) >= 11 is 0. The maximum atomic E-state index is 9.87. The van der Waals surface area contributed by atoms with Crippen molar-refractivity contribution in [1.82, 2.24) is 0 Å². The van der Waals surface area contributed by atoms with E-state index in [1.807, 2.05) is 0 Å². The van der Waals surface area contributed by atoms with Crippen molar-refractivity contribution in [3.8, 4) is 0 Å². The van der Waals surface area contributed by atoms with Crippen LogP contribution in [0.2, 0.25) is 0 Å². The van der Waals surface area contributed by atoms with Gasteiger partial charge in [-0.2, -0.15) is 0 Å². The third kappa shape index (κ3) is 61.2. The van der Waals surface area contributed by atoms with Crippen molar-refractivity contribution < 1.29 is 25.0 Å². The lowest BCUT2D eigenvalue weighted by Crippen LogP contribution is -2.00. The smallest absolute Gasteiger partial charge is 0.310 e. The minimum Gasteiger partial charge on any atom is -0.481 e. The molecule has 0 saturated heterocycles. The van der Waals surface area contributed by atoms with Crippen molar-refractivity contribution in [2.24, 2.45) is 0 Å². The van der Waals surface area contributed by atoms with E-state index in [-0.39, 0.29) is 12.2 Å². The zero-order chi connectivity index (χ0) is 9.44. The fraction of sp³-hybridized carbons (Fsp3) is 0.500. The van der Waals surface area contributed by atoms with Crippen LogP contribution in [0.25, 0.3) is 0 Å².